The average Bonchev–Trinajstić information content (AvgIpc) is 2.85. The van der Waals surface area contributed by atoms with Gasteiger partial charge in [0, 0.05) is 3.57 Å². The standard InChI is InChI=1S/C11H10IN/c1-8-6-9(12)2-3-10(8)11(7-13)4-5-11/h2-3,6H,4-5H2,1H3. The highest BCUT2D eigenvalue weighted by atomic mass is 127. The van der Waals surface area contributed by atoms with Crippen molar-refractivity contribution in [2.75, 3.05) is 0 Å². The summed E-state index contributed by atoms with van der Waals surface area (Å²) in [7, 11) is 0. The van der Waals surface area contributed by atoms with Crippen LogP contribution in [-0.4, -0.2) is 0 Å². The molecule has 1 aliphatic carbocycles. The first kappa shape index (κ1) is 9.01. The Morgan fingerprint density at radius 1 is 1.46 bits per heavy atom. The monoisotopic (exact) mass is 283 g/mol. The van der Waals surface area contributed by atoms with Gasteiger partial charge in [0.25, 0.3) is 0 Å². The fourth-order valence-corrected chi connectivity index (χ4v) is 2.38. The number of hydrogen-bond donors (Lipinski definition) is 0. The molecule has 0 spiro atoms. The molecule has 0 atom stereocenters. The van der Waals surface area contributed by atoms with E-state index in [1.807, 2.05) is 0 Å². The van der Waals surface area contributed by atoms with Gasteiger partial charge in [0.15, 0.2) is 0 Å². The number of halogens is 1. The van der Waals surface area contributed by atoms with Crippen molar-refractivity contribution >= 4 is 22.6 Å². The Hall–Kier alpha value is -0.560. The van der Waals surface area contributed by atoms with E-state index in [2.05, 4.69) is 53.8 Å². The van der Waals surface area contributed by atoms with Crippen molar-refractivity contribution < 1.29 is 0 Å². The summed E-state index contributed by atoms with van der Waals surface area (Å²) in [5.74, 6) is 0. The van der Waals surface area contributed by atoms with Gasteiger partial charge in [-0.3, -0.25) is 0 Å². The maximum Gasteiger partial charge on any atom is 0.0826 e. The molecule has 0 bridgehead atoms. The summed E-state index contributed by atoms with van der Waals surface area (Å²) in [4.78, 5) is 0. The van der Waals surface area contributed by atoms with Gasteiger partial charge in [0.1, 0.15) is 0 Å². The molecule has 2 heteroatoms. The van der Waals surface area contributed by atoms with Crippen LogP contribution in [0.1, 0.15) is 24.0 Å². The Morgan fingerprint density at radius 2 is 2.15 bits per heavy atom. The molecular formula is C11H10IN. The fraction of sp³-hybridized carbons (Fsp3) is 0.364. The molecule has 1 nitrogen and oxygen atoms in total. The second kappa shape index (κ2) is 2.98. The molecule has 0 saturated heterocycles. The zero-order valence-electron chi connectivity index (χ0n) is 7.47. The van der Waals surface area contributed by atoms with Gasteiger partial charge >= 0.3 is 0 Å². The number of rotatable bonds is 1. The largest absolute Gasteiger partial charge is 0.197 e. The molecule has 0 aliphatic heterocycles. The van der Waals surface area contributed by atoms with E-state index in [9.17, 15) is 0 Å². The van der Waals surface area contributed by atoms with Gasteiger partial charge in [0.05, 0.1) is 11.5 Å². The van der Waals surface area contributed by atoms with Crippen molar-refractivity contribution in [3.05, 3.63) is 32.9 Å². The predicted octanol–water partition coefficient (Wildman–Crippen LogP) is 3.15. The normalized spacial score (nSPS) is 17.9. The highest BCUT2D eigenvalue weighted by Crippen LogP contribution is 2.48. The van der Waals surface area contributed by atoms with Gasteiger partial charge < -0.3 is 0 Å². The minimum atomic E-state index is -0.131. The maximum absolute atomic E-state index is 9.05. The van der Waals surface area contributed by atoms with Crippen LogP contribution < -0.4 is 0 Å². The van der Waals surface area contributed by atoms with Crippen LogP contribution in [0.4, 0.5) is 0 Å². The molecule has 13 heavy (non-hydrogen) atoms. The lowest BCUT2D eigenvalue weighted by Gasteiger charge is -2.09. The summed E-state index contributed by atoms with van der Waals surface area (Å²) >= 11 is 2.30. The third kappa shape index (κ3) is 1.46. The van der Waals surface area contributed by atoms with E-state index in [0.717, 1.165) is 12.8 Å². The highest BCUT2D eigenvalue weighted by Gasteiger charge is 2.45. The third-order valence-corrected chi connectivity index (χ3v) is 3.34. The lowest BCUT2D eigenvalue weighted by atomic mass is 9.93. The molecule has 2 rings (SSSR count). The zero-order valence-corrected chi connectivity index (χ0v) is 9.63. The Labute approximate surface area is 91.9 Å². The Kier molecular flexibility index (Phi) is 2.07. The van der Waals surface area contributed by atoms with Crippen LogP contribution in [0.5, 0.6) is 0 Å². The molecule has 0 amide bonds. The van der Waals surface area contributed by atoms with Crippen LogP contribution in [0, 0.1) is 21.8 Å². The summed E-state index contributed by atoms with van der Waals surface area (Å²) in [6.07, 6.45) is 2.07. The molecule has 0 N–H and O–H groups in total. The second-order valence-electron chi connectivity index (χ2n) is 3.65. The van der Waals surface area contributed by atoms with Crippen LogP contribution in [0.15, 0.2) is 18.2 Å². The SMILES string of the molecule is Cc1cc(I)ccc1C1(C#N)CC1. The first-order chi connectivity index (χ1) is 6.18. The van der Waals surface area contributed by atoms with E-state index in [-0.39, 0.29) is 5.41 Å². The predicted molar refractivity (Wildman–Crippen MR) is 60.4 cm³/mol. The fourth-order valence-electron chi connectivity index (χ4n) is 1.73. The lowest BCUT2D eigenvalue weighted by molar-refractivity contribution is 0.895. The number of hydrogen-bond acceptors (Lipinski definition) is 1. The van der Waals surface area contributed by atoms with Crippen LogP contribution in [-0.2, 0) is 5.41 Å². The number of nitriles is 1. The zero-order chi connectivity index (χ0) is 9.47. The van der Waals surface area contributed by atoms with Crippen LogP contribution >= 0.6 is 22.6 Å². The van der Waals surface area contributed by atoms with E-state index >= 15 is 0 Å². The van der Waals surface area contributed by atoms with Crippen molar-refractivity contribution in [1.29, 1.82) is 5.26 Å². The van der Waals surface area contributed by atoms with Crippen molar-refractivity contribution in [3.63, 3.8) is 0 Å². The van der Waals surface area contributed by atoms with E-state index in [1.165, 1.54) is 14.7 Å². The number of nitrogens with zero attached hydrogens (tertiary/aromatic N) is 1. The van der Waals surface area contributed by atoms with Crippen LogP contribution in [0.2, 0.25) is 0 Å². The molecule has 66 valence electrons. The van der Waals surface area contributed by atoms with Gasteiger partial charge in [-0.25, -0.2) is 0 Å². The van der Waals surface area contributed by atoms with E-state index in [4.69, 9.17) is 5.26 Å². The number of aryl methyl sites for hydroxylation is 1. The van der Waals surface area contributed by atoms with Crippen LogP contribution in [0.3, 0.4) is 0 Å². The van der Waals surface area contributed by atoms with Crippen molar-refractivity contribution in [3.8, 4) is 6.07 Å². The van der Waals surface area contributed by atoms with Gasteiger partial charge in [0.2, 0.25) is 0 Å². The molecule has 1 saturated carbocycles. The van der Waals surface area contributed by atoms with Gasteiger partial charge in [-0.2, -0.15) is 5.26 Å². The summed E-state index contributed by atoms with van der Waals surface area (Å²) in [6, 6.07) is 8.76. The first-order valence-electron chi connectivity index (χ1n) is 4.36. The Balaban J connectivity index is 2.48. The van der Waals surface area contributed by atoms with Gasteiger partial charge in [-0.05, 0) is 65.6 Å². The molecular weight excluding hydrogens is 273 g/mol. The van der Waals surface area contributed by atoms with Crippen LogP contribution in [0.25, 0.3) is 0 Å². The first-order valence-corrected chi connectivity index (χ1v) is 5.44. The third-order valence-electron chi connectivity index (χ3n) is 2.67. The summed E-state index contributed by atoms with van der Waals surface area (Å²) in [5.41, 5.74) is 2.36. The summed E-state index contributed by atoms with van der Waals surface area (Å²) in [5, 5.41) is 9.05. The van der Waals surface area contributed by atoms with E-state index in [0.29, 0.717) is 0 Å². The summed E-state index contributed by atoms with van der Waals surface area (Å²) < 4.78 is 1.24. The highest BCUT2D eigenvalue weighted by molar-refractivity contribution is 14.1. The molecule has 0 unspecified atom stereocenters. The van der Waals surface area contributed by atoms with Gasteiger partial charge in [-0.1, -0.05) is 6.07 Å². The van der Waals surface area contributed by atoms with E-state index < -0.39 is 0 Å². The topological polar surface area (TPSA) is 23.8 Å². The maximum atomic E-state index is 9.05. The minimum absolute atomic E-state index is 0.131. The smallest absolute Gasteiger partial charge is 0.0826 e. The molecule has 0 aromatic heterocycles. The number of benzene rings is 1. The Bertz CT molecular complexity index is 386. The van der Waals surface area contributed by atoms with E-state index in [1.54, 1.807) is 0 Å². The molecule has 1 aliphatic rings. The molecule has 0 radical (unpaired) electrons. The molecule has 1 fully saturated rings. The Morgan fingerprint density at radius 3 is 2.62 bits per heavy atom. The lowest BCUT2D eigenvalue weighted by Crippen LogP contribution is -2.04. The van der Waals surface area contributed by atoms with Crippen molar-refractivity contribution in [1.82, 2.24) is 0 Å². The molecule has 0 heterocycles. The average molecular weight is 283 g/mol. The van der Waals surface area contributed by atoms with Crippen molar-refractivity contribution in [2.45, 2.75) is 25.2 Å². The summed E-state index contributed by atoms with van der Waals surface area (Å²) in [6.45, 7) is 2.09. The van der Waals surface area contributed by atoms with Crippen molar-refractivity contribution in [2.24, 2.45) is 0 Å². The molecule has 1 aromatic rings. The minimum Gasteiger partial charge on any atom is -0.197 e. The molecule has 1 aromatic carbocycles. The second-order valence-corrected chi connectivity index (χ2v) is 4.90. The van der Waals surface area contributed by atoms with Gasteiger partial charge in [-0.15, -0.1) is 0 Å². The quantitative estimate of drug-likeness (QED) is 0.726.